The van der Waals surface area contributed by atoms with Crippen LogP contribution in [0.5, 0.6) is 0 Å². The molecule has 0 bridgehead atoms. The van der Waals surface area contributed by atoms with E-state index in [0.29, 0.717) is 19.0 Å². The number of esters is 1. The molecule has 0 fully saturated rings. The van der Waals surface area contributed by atoms with Crippen LogP contribution in [0.1, 0.15) is 39.2 Å². The third kappa shape index (κ3) is 10.3. The first-order valence-electron chi connectivity index (χ1n) is 8.25. The highest BCUT2D eigenvalue weighted by atomic mass is 127. The van der Waals surface area contributed by atoms with Crippen molar-refractivity contribution in [3.05, 3.63) is 35.9 Å². The first-order chi connectivity index (χ1) is 11.4. The monoisotopic (exact) mass is 463 g/mol. The number of aliphatic hydroxyl groups is 1. The summed E-state index contributed by atoms with van der Waals surface area (Å²) in [6, 6.07) is 9.79. The fourth-order valence-corrected chi connectivity index (χ4v) is 2.09. The highest BCUT2D eigenvalue weighted by Gasteiger charge is 2.16. The molecule has 25 heavy (non-hydrogen) atoms. The number of hydrogen-bond acceptors (Lipinski definition) is 4. The van der Waals surface area contributed by atoms with Gasteiger partial charge < -0.3 is 20.5 Å². The van der Waals surface area contributed by atoms with E-state index >= 15 is 0 Å². The van der Waals surface area contributed by atoms with Crippen molar-refractivity contribution >= 4 is 35.9 Å². The second-order valence-corrected chi connectivity index (χ2v) is 6.45. The molecule has 1 aromatic rings. The molecule has 0 heterocycles. The molecule has 0 aromatic heterocycles. The number of rotatable bonds is 7. The second-order valence-electron chi connectivity index (χ2n) is 6.45. The van der Waals surface area contributed by atoms with Gasteiger partial charge in [-0.3, -0.25) is 4.79 Å². The van der Waals surface area contributed by atoms with Crippen LogP contribution in [0, 0.1) is 0 Å². The van der Waals surface area contributed by atoms with E-state index in [0.717, 1.165) is 5.56 Å². The van der Waals surface area contributed by atoms with Crippen LogP contribution in [-0.2, 0) is 9.53 Å². The number of guanidine groups is 1. The SMILES string of the molecule is CCNC(=NCC(=O)OC(C)(C)C)NCC(CO)c1ccccc1.I. The van der Waals surface area contributed by atoms with Gasteiger partial charge in [0.1, 0.15) is 12.1 Å². The van der Waals surface area contributed by atoms with Gasteiger partial charge in [-0.2, -0.15) is 0 Å². The zero-order valence-electron chi connectivity index (χ0n) is 15.4. The van der Waals surface area contributed by atoms with Gasteiger partial charge in [0.25, 0.3) is 0 Å². The van der Waals surface area contributed by atoms with E-state index in [9.17, 15) is 9.90 Å². The Bertz CT molecular complexity index is 530. The fraction of sp³-hybridized carbons (Fsp3) is 0.556. The number of carbonyl (C=O) groups is 1. The van der Waals surface area contributed by atoms with Crippen LogP contribution in [-0.4, -0.2) is 48.9 Å². The molecule has 0 spiro atoms. The Balaban J connectivity index is 0.00000576. The van der Waals surface area contributed by atoms with Crippen LogP contribution in [0.25, 0.3) is 0 Å². The first-order valence-corrected chi connectivity index (χ1v) is 8.25. The quantitative estimate of drug-likeness (QED) is 0.250. The largest absolute Gasteiger partial charge is 0.459 e. The summed E-state index contributed by atoms with van der Waals surface area (Å²) >= 11 is 0. The van der Waals surface area contributed by atoms with Crippen LogP contribution < -0.4 is 10.6 Å². The highest BCUT2D eigenvalue weighted by Crippen LogP contribution is 2.13. The van der Waals surface area contributed by atoms with Crippen molar-refractivity contribution in [2.75, 3.05) is 26.2 Å². The minimum absolute atomic E-state index is 0. The van der Waals surface area contributed by atoms with Crippen molar-refractivity contribution in [2.45, 2.75) is 39.2 Å². The number of aliphatic hydroxyl groups excluding tert-OH is 1. The average molecular weight is 463 g/mol. The molecule has 6 nitrogen and oxygen atoms in total. The lowest BCUT2D eigenvalue weighted by atomic mass is 10.0. The summed E-state index contributed by atoms with van der Waals surface area (Å²) in [6.45, 7) is 8.59. The summed E-state index contributed by atoms with van der Waals surface area (Å²) in [4.78, 5) is 16.0. The molecule has 0 amide bonds. The number of benzene rings is 1. The van der Waals surface area contributed by atoms with Gasteiger partial charge in [-0.25, -0.2) is 4.99 Å². The molecule has 1 unspecified atom stereocenters. The van der Waals surface area contributed by atoms with Crippen molar-refractivity contribution in [3.63, 3.8) is 0 Å². The van der Waals surface area contributed by atoms with Gasteiger partial charge in [-0.1, -0.05) is 30.3 Å². The van der Waals surface area contributed by atoms with E-state index in [2.05, 4.69) is 15.6 Å². The molecule has 0 aliphatic rings. The Morgan fingerprint density at radius 3 is 2.40 bits per heavy atom. The number of aliphatic imine (C=N–C) groups is 1. The predicted octanol–water partition coefficient (Wildman–Crippen LogP) is 2.28. The molecule has 7 heteroatoms. The number of nitrogens with zero attached hydrogens (tertiary/aromatic N) is 1. The van der Waals surface area contributed by atoms with Crippen molar-refractivity contribution in [3.8, 4) is 0 Å². The average Bonchev–Trinajstić information content (AvgIpc) is 2.52. The zero-order chi connectivity index (χ0) is 18.0. The molecule has 0 saturated heterocycles. The Hall–Kier alpha value is -1.35. The Morgan fingerprint density at radius 2 is 1.88 bits per heavy atom. The molecule has 1 atom stereocenters. The van der Waals surface area contributed by atoms with Gasteiger partial charge in [-0.15, -0.1) is 24.0 Å². The first kappa shape index (κ1) is 23.6. The van der Waals surface area contributed by atoms with Crippen molar-refractivity contribution in [2.24, 2.45) is 4.99 Å². The minimum atomic E-state index is -0.520. The molecule has 3 N–H and O–H groups in total. The zero-order valence-corrected chi connectivity index (χ0v) is 17.7. The van der Waals surface area contributed by atoms with Crippen LogP contribution in [0.3, 0.4) is 0 Å². The van der Waals surface area contributed by atoms with Crippen molar-refractivity contribution in [1.82, 2.24) is 10.6 Å². The van der Waals surface area contributed by atoms with Crippen LogP contribution in [0.15, 0.2) is 35.3 Å². The predicted molar refractivity (Wildman–Crippen MR) is 112 cm³/mol. The summed E-state index contributed by atoms with van der Waals surface area (Å²) in [7, 11) is 0. The lowest BCUT2D eigenvalue weighted by molar-refractivity contribution is -0.152. The van der Waals surface area contributed by atoms with Gasteiger partial charge in [0.15, 0.2) is 5.96 Å². The molecule has 1 rings (SSSR count). The maximum atomic E-state index is 11.8. The normalized spacial score (nSPS) is 12.8. The molecule has 0 saturated carbocycles. The van der Waals surface area contributed by atoms with E-state index in [4.69, 9.17) is 4.74 Å². The van der Waals surface area contributed by atoms with Crippen molar-refractivity contribution in [1.29, 1.82) is 0 Å². The lowest BCUT2D eigenvalue weighted by Crippen LogP contribution is -2.40. The number of halogens is 1. The van der Waals surface area contributed by atoms with E-state index in [1.807, 2.05) is 58.0 Å². The number of carbonyl (C=O) groups excluding carboxylic acids is 1. The van der Waals surface area contributed by atoms with Gasteiger partial charge in [0.05, 0.1) is 6.61 Å². The molecule has 0 aliphatic carbocycles. The third-order valence-electron chi connectivity index (χ3n) is 3.14. The summed E-state index contributed by atoms with van der Waals surface area (Å²) in [5.41, 5.74) is 0.531. The molecule has 0 radical (unpaired) electrons. The Morgan fingerprint density at radius 1 is 1.24 bits per heavy atom. The number of nitrogens with one attached hydrogen (secondary N) is 2. The molecule has 1 aromatic carbocycles. The maximum Gasteiger partial charge on any atom is 0.328 e. The van der Waals surface area contributed by atoms with Gasteiger partial charge in [0, 0.05) is 19.0 Å². The van der Waals surface area contributed by atoms with E-state index in [1.54, 1.807) is 0 Å². The van der Waals surface area contributed by atoms with Crippen molar-refractivity contribution < 1.29 is 14.6 Å². The van der Waals surface area contributed by atoms with E-state index in [1.165, 1.54) is 0 Å². The number of ether oxygens (including phenoxy) is 1. The minimum Gasteiger partial charge on any atom is -0.459 e. The van der Waals surface area contributed by atoms with Gasteiger partial charge in [0.2, 0.25) is 0 Å². The van der Waals surface area contributed by atoms with Crippen LogP contribution >= 0.6 is 24.0 Å². The fourth-order valence-electron chi connectivity index (χ4n) is 2.09. The second kappa shape index (κ2) is 12.1. The van der Waals surface area contributed by atoms with E-state index in [-0.39, 0.29) is 49.0 Å². The van der Waals surface area contributed by atoms with Crippen LogP contribution in [0.2, 0.25) is 0 Å². The molecular weight excluding hydrogens is 433 g/mol. The summed E-state index contributed by atoms with van der Waals surface area (Å²) in [5, 5.41) is 15.8. The van der Waals surface area contributed by atoms with Gasteiger partial charge in [-0.05, 0) is 33.3 Å². The van der Waals surface area contributed by atoms with Crippen LogP contribution in [0.4, 0.5) is 0 Å². The molecular formula is C18H30IN3O3. The molecule has 142 valence electrons. The topological polar surface area (TPSA) is 83.0 Å². The lowest BCUT2D eigenvalue weighted by Gasteiger charge is -2.20. The smallest absolute Gasteiger partial charge is 0.328 e. The standard InChI is InChI=1S/C18H29N3O3.HI/c1-5-19-17(21-12-16(23)24-18(2,3)4)20-11-15(13-22)14-9-7-6-8-10-14;/h6-10,15,22H,5,11-13H2,1-4H3,(H2,19,20,21);1H. The maximum absolute atomic E-state index is 11.8. The summed E-state index contributed by atoms with van der Waals surface area (Å²) in [6.07, 6.45) is 0. The highest BCUT2D eigenvalue weighted by molar-refractivity contribution is 14.0. The van der Waals surface area contributed by atoms with E-state index < -0.39 is 5.60 Å². The van der Waals surface area contributed by atoms with Gasteiger partial charge >= 0.3 is 5.97 Å². The molecule has 0 aliphatic heterocycles. The third-order valence-corrected chi connectivity index (χ3v) is 3.14. The Labute approximate surface area is 167 Å². The summed E-state index contributed by atoms with van der Waals surface area (Å²) < 4.78 is 5.24. The summed E-state index contributed by atoms with van der Waals surface area (Å²) in [5.74, 6) is 0.107. The Kier molecular flexibility index (Phi) is 11.4. The number of hydrogen-bond donors (Lipinski definition) is 3.